The molecule has 3 nitrogen and oxygen atoms in total. The molecule has 72 valence electrons. The van der Waals surface area contributed by atoms with Crippen molar-refractivity contribution in [2.45, 2.75) is 6.42 Å². The smallest absolute Gasteiger partial charge is 0.231 e. The fourth-order valence-corrected chi connectivity index (χ4v) is 1.94. The largest absolute Gasteiger partial charge is 0.454 e. The Morgan fingerprint density at radius 3 is 2.86 bits per heavy atom. The number of nitrogens with zero attached hydrogens (tertiary/aromatic N) is 1. The highest BCUT2D eigenvalue weighted by Gasteiger charge is 2.15. The lowest BCUT2D eigenvalue weighted by atomic mass is 10.3. The molecule has 2 aliphatic rings. The zero-order chi connectivity index (χ0) is 9.38. The van der Waals surface area contributed by atoms with E-state index in [1.165, 1.54) is 10.8 Å². The molecule has 0 aliphatic carbocycles. The van der Waals surface area contributed by atoms with Crippen LogP contribution in [-0.4, -0.2) is 17.6 Å². The van der Waals surface area contributed by atoms with Gasteiger partial charge in [0, 0.05) is 18.2 Å². The number of hydrogen-bond acceptors (Lipinski definition) is 4. The molecule has 0 bridgehead atoms. The van der Waals surface area contributed by atoms with Crippen LogP contribution in [0, 0.1) is 0 Å². The van der Waals surface area contributed by atoms with Crippen molar-refractivity contribution in [3.8, 4) is 11.5 Å². The molecule has 2 aliphatic heterocycles. The normalized spacial score (nSPS) is 21.0. The molecule has 0 unspecified atom stereocenters. The highest BCUT2D eigenvalue weighted by atomic mass is 32.2. The summed E-state index contributed by atoms with van der Waals surface area (Å²) >= 11 is 1.81. The zero-order valence-electron chi connectivity index (χ0n) is 7.53. The molecular weight excluding hydrogens is 198 g/mol. The van der Waals surface area contributed by atoms with Crippen LogP contribution in [0.25, 0.3) is 0 Å². The third-order valence-corrected chi connectivity index (χ3v) is 3.23. The summed E-state index contributed by atoms with van der Waals surface area (Å²) in [6.45, 7) is 0.324. The Morgan fingerprint density at radius 1 is 1.21 bits per heavy atom. The summed E-state index contributed by atoms with van der Waals surface area (Å²) in [6.07, 6.45) is 1.11. The summed E-state index contributed by atoms with van der Waals surface area (Å²) in [7, 11) is 0. The monoisotopic (exact) mass is 207 g/mol. The molecule has 0 aromatic heterocycles. The van der Waals surface area contributed by atoms with Gasteiger partial charge in [0.25, 0.3) is 0 Å². The minimum atomic E-state index is 0.324. The number of ether oxygens (including phenoxy) is 2. The fourth-order valence-electron chi connectivity index (χ4n) is 1.38. The fraction of sp³-hybridized carbons (Fsp3) is 0.300. The van der Waals surface area contributed by atoms with Crippen LogP contribution in [0.5, 0.6) is 11.5 Å². The molecule has 0 radical (unpaired) electrons. The van der Waals surface area contributed by atoms with Gasteiger partial charge in [0.05, 0.1) is 10.7 Å². The average molecular weight is 207 g/mol. The van der Waals surface area contributed by atoms with Crippen LogP contribution >= 0.6 is 11.8 Å². The maximum absolute atomic E-state index is 5.27. The van der Waals surface area contributed by atoms with Crippen LogP contribution in [0.2, 0.25) is 0 Å². The molecule has 0 amide bonds. The summed E-state index contributed by atoms with van der Waals surface area (Å²) in [5, 5.41) is 1.21. The maximum atomic E-state index is 5.27. The molecule has 1 aromatic rings. The average Bonchev–Trinajstić information content (AvgIpc) is 2.58. The van der Waals surface area contributed by atoms with E-state index in [0.717, 1.165) is 23.6 Å². The van der Waals surface area contributed by atoms with E-state index in [4.69, 9.17) is 9.47 Å². The van der Waals surface area contributed by atoms with Crippen molar-refractivity contribution in [3.63, 3.8) is 0 Å². The van der Waals surface area contributed by atoms with Gasteiger partial charge in [-0.3, -0.25) is 0 Å². The molecule has 0 spiro atoms. The highest BCUT2D eigenvalue weighted by molar-refractivity contribution is 8.15. The van der Waals surface area contributed by atoms with Crippen LogP contribution in [0.4, 0.5) is 5.69 Å². The van der Waals surface area contributed by atoms with Crippen LogP contribution in [-0.2, 0) is 0 Å². The van der Waals surface area contributed by atoms with E-state index >= 15 is 0 Å². The first-order chi connectivity index (χ1) is 6.92. The molecule has 0 saturated carbocycles. The second-order valence-electron chi connectivity index (χ2n) is 3.14. The SMILES string of the molecule is c1cc2c(cc1N=C1CCS1)OCO2. The zero-order valence-corrected chi connectivity index (χ0v) is 8.34. The van der Waals surface area contributed by atoms with Crippen LogP contribution < -0.4 is 9.47 Å². The van der Waals surface area contributed by atoms with E-state index in [-0.39, 0.29) is 0 Å². The number of benzene rings is 1. The number of thioether (sulfide) groups is 1. The van der Waals surface area contributed by atoms with Crippen molar-refractivity contribution in [3.05, 3.63) is 18.2 Å². The Bertz CT molecular complexity index is 397. The molecule has 0 N–H and O–H groups in total. The molecular formula is C10H9NO2S. The number of fused-ring (bicyclic) bond motifs is 1. The van der Waals surface area contributed by atoms with E-state index < -0.39 is 0 Å². The first-order valence-corrected chi connectivity index (χ1v) is 5.50. The summed E-state index contributed by atoms with van der Waals surface area (Å²) in [5.41, 5.74) is 0.955. The Hall–Kier alpha value is -1.16. The van der Waals surface area contributed by atoms with E-state index in [9.17, 15) is 0 Å². The third-order valence-electron chi connectivity index (χ3n) is 2.19. The van der Waals surface area contributed by atoms with Gasteiger partial charge in [-0.05, 0) is 12.1 Å². The Balaban J connectivity index is 1.92. The van der Waals surface area contributed by atoms with Crippen molar-refractivity contribution < 1.29 is 9.47 Å². The third kappa shape index (κ3) is 1.35. The molecule has 3 rings (SSSR count). The standard InChI is InChI=1S/C10H9NO2S/c1-2-8-9(13-6-12-8)5-7(1)11-10-3-4-14-10/h1-2,5H,3-4,6H2. The van der Waals surface area contributed by atoms with Crippen molar-refractivity contribution in [1.82, 2.24) is 0 Å². The molecule has 0 atom stereocenters. The van der Waals surface area contributed by atoms with Crippen LogP contribution in [0.3, 0.4) is 0 Å². The minimum Gasteiger partial charge on any atom is -0.454 e. The molecule has 1 fully saturated rings. The summed E-state index contributed by atoms with van der Waals surface area (Å²) in [6, 6.07) is 5.79. The predicted octanol–water partition coefficient (Wildman–Crippen LogP) is 2.58. The Morgan fingerprint density at radius 2 is 2.07 bits per heavy atom. The summed E-state index contributed by atoms with van der Waals surface area (Å²) in [5.74, 6) is 2.81. The maximum Gasteiger partial charge on any atom is 0.231 e. The number of rotatable bonds is 1. The van der Waals surface area contributed by atoms with Gasteiger partial charge in [-0.1, -0.05) is 0 Å². The van der Waals surface area contributed by atoms with Crippen LogP contribution in [0.1, 0.15) is 6.42 Å². The Kier molecular flexibility index (Phi) is 1.87. The summed E-state index contributed by atoms with van der Waals surface area (Å²) < 4.78 is 10.5. The summed E-state index contributed by atoms with van der Waals surface area (Å²) in [4.78, 5) is 4.49. The number of hydrogen-bond donors (Lipinski definition) is 0. The topological polar surface area (TPSA) is 30.8 Å². The lowest BCUT2D eigenvalue weighted by Gasteiger charge is -2.13. The van der Waals surface area contributed by atoms with Gasteiger partial charge in [0.1, 0.15) is 0 Å². The molecule has 1 saturated heterocycles. The highest BCUT2D eigenvalue weighted by Crippen LogP contribution is 2.36. The Labute approximate surface area is 86.1 Å². The van der Waals surface area contributed by atoms with Crippen LogP contribution in [0.15, 0.2) is 23.2 Å². The molecule has 1 aromatic carbocycles. The second-order valence-corrected chi connectivity index (χ2v) is 4.31. The molecule has 14 heavy (non-hydrogen) atoms. The van der Waals surface area contributed by atoms with Gasteiger partial charge in [0.2, 0.25) is 6.79 Å². The van der Waals surface area contributed by atoms with Crippen molar-refractivity contribution in [2.75, 3.05) is 12.5 Å². The van der Waals surface area contributed by atoms with E-state index in [1.807, 2.05) is 30.0 Å². The minimum absolute atomic E-state index is 0.324. The van der Waals surface area contributed by atoms with E-state index in [2.05, 4.69) is 4.99 Å². The van der Waals surface area contributed by atoms with Gasteiger partial charge < -0.3 is 9.47 Å². The second kappa shape index (κ2) is 3.20. The quantitative estimate of drug-likeness (QED) is 0.709. The predicted molar refractivity (Wildman–Crippen MR) is 56.7 cm³/mol. The first-order valence-electron chi connectivity index (χ1n) is 4.52. The molecule has 2 heterocycles. The lowest BCUT2D eigenvalue weighted by Crippen LogP contribution is -2.06. The van der Waals surface area contributed by atoms with Gasteiger partial charge in [-0.25, -0.2) is 4.99 Å². The van der Waals surface area contributed by atoms with Crippen molar-refractivity contribution in [2.24, 2.45) is 4.99 Å². The van der Waals surface area contributed by atoms with E-state index in [1.54, 1.807) is 0 Å². The van der Waals surface area contributed by atoms with Gasteiger partial charge in [0.15, 0.2) is 11.5 Å². The van der Waals surface area contributed by atoms with Gasteiger partial charge in [-0.15, -0.1) is 11.8 Å². The van der Waals surface area contributed by atoms with Gasteiger partial charge in [-0.2, -0.15) is 0 Å². The number of aliphatic imine (C=N–C) groups is 1. The van der Waals surface area contributed by atoms with Crippen molar-refractivity contribution >= 4 is 22.5 Å². The van der Waals surface area contributed by atoms with E-state index in [0.29, 0.717) is 6.79 Å². The first kappa shape index (κ1) is 8.17. The lowest BCUT2D eigenvalue weighted by molar-refractivity contribution is 0.174. The van der Waals surface area contributed by atoms with Gasteiger partial charge >= 0.3 is 0 Å². The molecule has 4 heteroatoms. The van der Waals surface area contributed by atoms with Crippen molar-refractivity contribution in [1.29, 1.82) is 0 Å².